The van der Waals surface area contributed by atoms with Crippen LogP contribution in [0.4, 0.5) is 5.69 Å². The summed E-state index contributed by atoms with van der Waals surface area (Å²) in [6.45, 7) is 3.52. The monoisotopic (exact) mass is 599 g/mol. The quantitative estimate of drug-likeness (QED) is 0.330. The summed E-state index contributed by atoms with van der Waals surface area (Å²) in [5.41, 5.74) is -0.629. The van der Waals surface area contributed by atoms with Crippen molar-refractivity contribution in [1.82, 2.24) is 9.80 Å². The fourth-order valence-electron chi connectivity index (χ4n) is 7.56. The Morgan fingerprint density at radius 1 is 0.886 bits per heavy atom. The van der Waals surface area contributed by atoms with Crippen LogP contribution in [0.1, 0.15) is 38.2 Å². The molecule has 2 saturated heterocycles. The van der Waals surface area contributed by atoms with Crippen molar-refractivity contribution in [3.05, 3.63) is 84.5 Å². The topological polar surface area (TPSA) is 99.6 Å². The Kier molecular flexibility index (Phi) is 8.35. The zero-order chi connectivity index (χ0) is 30.9. The minimum atomic E-state index is -1.30. The van der Waals surface area contributed by atoms with Crippen LogP contribution in [0.5, 0.6) is 5.75 Å². The van der Waals surface area contributed by atoms with Gasteiger partial charge in [0.25, 0.3) is 5.91 Å². The molecule has 0 aliphatic carbocycles. The van der Waals surface area contributed by atoms with Gasteiger partial charge in [0.2, 0.25) is 11.8 Å². The van der Waals surface area contributed by atoms with Crippen molar-refractivity contribution in [3.63, 3.8) is 0 Å². The number of likely N-dealkylation sites (tertiary alicyclic amines) is 1. The van der Waals surface area contributed by atoms with Crippen LogP contribution < -0.4 is 9.64 Å². The summed E-state index contributed by atoms with van der Waals surface area (Å²) >= 11 is 0. The first-order chi connectivity index (χ1) is 21.4. The van der Waals surface area contributed by atoms with Crippen LogP contribution >= 0.6 is 0 Å². The zero-order valence-corrected chi connectivity index (χ0v) is 25.4. The van der Waals surface area contributed by atoms with E-state index in [1.165, 1.54) is 0 Å². The summed E-state index contributed by atoms with van der Waals surface area (Å²) in [6.07, 6.45) is 10.2. The molecule has 3 amide bonds. The molecule has 2 aromatic rings. The molecular formula is C35H41N3O6. The first-order valence-electron chi connectivity index (χ1n) is 15.6. The maximum Gasteiger partial charge on any atom is 0.253 e. The summed E-state index contributed by atoms with van der Waals surface area (Å²) in [4.78, 5) is 48.9. The standard InChI is InChI=1S/C35H41N3O6/c1-3-34-18-10-20-36(24-25-12-6-4-7-13-25)31(40)28(34)29-32(41)38(21-8-5-9-23-39)30-33(42)37(22-11-19-35(29,30)44-34)26-14-16-27(43-2)17-15-26/h4,6-7,10-19,28-30,39H,3,5,8-9,20-24H2,1-2H3/t28-,29-,30?,34+,35-/m0/s1. The van der Waals surface area contributed by atoms with Crippen LogP contribution in [-0.2, 0) is 25.7 Å². The number of methoxy groups -OCH3 is 1. The van der Waals surface area contributed by atoms with Gasteiger partial charge in [0.15, 0.2) is 0 Å². The van der Waals surface area contributed by atoms with Crippen molar-refractivity contribution in [2.24, 2.45) is 11.8 Å². The second-order valence-electron chi connectivity index (χ2n) is 12.1. The van der Waals surface area contributed by atoms with Gasteiger partial charge in [-0.15, -0.1) is 0 Å². The molecule has 9 nitrogen and oxygen atoms in total. The molecule has 0 radical (unpaired) electrons. The SMILES string of the molecule is CC[C@@]12C=CCN(Cc3ccccc3)C(=O)[C@@H]1[C@H]1C(=O)N(CCCCCO)C3C(=O)N(c4ccc(OC)cc4)CC=C[C@@]31O2. The number of nitrogens with zero attached hydrogens (tertiary/aromatic N) is 3. The third kappa shape index (κ3) is 4.92. The molecule has 1 spiro atoms. The molecule has 6 rings (SSSR count). The lowest BCUT2D eigenvalue weighted by Crippen LogP contribution is -2.56. The summed E-state index contributed by atoms with van der Waals surface area (Å²) in [7, 11) is 1.59. The minimum absolute atomic E-state index is 0.0686. The van der Waals surface area contributed by atoms with E-state index in [1.54, 1.807) is 21.8 Å². The van der Waals surface area contributed by atoms with Gasteiger partial charge >= 0.3 is 0 Å². The van der Waals surface area contributed by atoms with Gasteiger partial charge in [-0.3, -0.25) is 14.4 Å². The molecule has 0 bridgehead atoms. The number of amides is 3. The van der Waals surface area contributed by atoms with Crippen LogP contribution in [0.25, 0.3) is 0 Å². The van der Waals surface area contributed by atoms with Gasteiger partial charge in [0.05, 0.1) is 24.5 Å². The predicted octanol–water partition coefficient (Wildman–Crippen LogP) is 3.72. The molecular weight excluding hydrogens is 558 g/mol. The van der Waals surface area contributed by atoms with E-state index in [2.05, 4.69) is 0 Å². The third-order valence-corrected chi connectivity index (χ3v) is 9.68. The van der Waals surface area contributed by atoms with Crippen molar-refractivity contribution in [1.29, 1.82) is 0 Å². The van der Waals surface area contributed by atoms with Crippen molar-refractivity contribution >= 4 is 23.4 Å². The van der Waals surface area contributed by atoms with E-state index >= 15 is 0 Å². The molecule has 2 fully saturated rings. The molecule has 9 heteroatoms. The first-order valence-corrected chi connectivity index (χ1v) is 15.6. The molecule has 1 unspecified atom stereocenters. The number of aliphatic hydroxyl groups is 1. The van der Waals surface area contributed by atoms with E-state index in [0.29, 0.717) is 63.3 Å². The fraction of sp³-hybridized carbons (Fsp3) is 0.457. The van der Waals surface area contributed by atoms with E-state index in [-0.39, 0.29) is 24.3 Å². The molecule has 4 aliphatic rings. The number of anilines is 1. The predicted molar refractivity (Wildman–Crippen MR) is 166 cm³/mol. The number of carbonyl (C=O) groups is 3. The number of unbranched alkanes of at least 4 members (excludes halogenated alkanes) is 2. The number of aliphatic hydroxyl groups excluding tert-OH is 1. The molecule has 2 aromatic carbocycles. The Balaban J connectivity index is 1.42. The highest BCUT2D eigenvalue weighted by atomic mass is 16.5. The van der Waals surface area contributed by atoms with E-state index < -0.39 is 29.1 Å². The molecule has 0 aromatic heterocycles. The lowest BCUT2D eigenvalue weighted by Gasteiger charge is -2.38. The molecule has 44 heavy (non-hydrogen) atoms. The van der Waals surface area contributed by atoms with Crippen LogP contribution in [0, 0.1) is 11.8 Å². The average Bonchev–Trinajstić information content (AvgIpc) is 3.34. The van der Waals surface area contributed by atoms with Crippen LogP contribution in [-0.4, -0.2) is 83.2 Å². The fourth-order valence-corrected chi connectivity index (χ4v) is 7.56. The van der Waals surface area contributed by atoms with Crippen LogP contribution in [0.15, 0.2) is 78.9 Å². The summed E-state index contributed by atoms with van der Waals surface area (Å²) in [5, 5.41) is 9.35. The number of hydrogen-bond acceptors (Lipinski definition) is 6. The average molecular weight is 600 g/mol. The van der Waals surface area contributed by atoms with Crippen molar-refractivity contribution in [2.75, 3.05) is 38.3 Å². The van der Waals surface area contributed by atoms with E-state index in [1.807, 2.05) is 85.8 Å². The molecule has 1 N–H and O–H groups in total. The van der Waals surface area contributed by atoms with Gasteiger partial charge in [-0.1, -0.05) is 61.6 Å². The number of ether oxygens (including phenoxy) is 2. The number of benzene rings is 2. The maximum atomic E-state index is 14.6. The smallest absolute Gasteiger partial charge is 0.253 e. The highest BCUT2D eigenvalue weighted by Crippen LogP contribution is 2.58. The second-order valence-corrected chi connectivity index (χ2v) is 12.1. The first kappa shape index (κ1) is 30.1. The lowest BCUT2D eigenvalue weighted by molar-refractivity contribution is -0.150. The minimum Gasteiger partial charge on any atom is -0.497 e. The number of fused-ring (bicyclic) bond motifs is 2. The number of rotatable bonds is 10. The highest BCUT2D eigenvalue weighted by Gasteiger charge is 2.75. The normalized spacial score (nSPS) is 29.4. The Morgan fingerprint density at radius 2 is 1.64 bits per heavy atom. The molecule has 5 atom stereocenters. The Labute approximate surface area is 258 Å². The Bertz CT molecular complexity index is 1440. The summed E-state index contributed by atoms with van der Waals surface area (Å²) < 4.78 is 12.4. The van der Waals surface area contributed by atoms with Crippen molar-refractivity contribution < 1.29 is 29.0 Å². The zero-order valence-electron chi connectivity index (χ0n) is 25.4. The molecule has 0 saturated carbocycles. The molecule has 232 valence electrons. The van der Waals surface area contributed by atoms with E-state index in [9.17, 15) is 19.5 Å². The number of hydrogen-bond donors (Lipinski definition) is 1. The Morgan fingerprint density at radius 3 is 2.34 bits per heavy atom. The van der Waals surface area contributed by atoms with Crippen LogP contribution in [0.3, 0.4) is 0 Å². The van der Waals surface area contributed by atoms with Gasteiger partial charge < -0.3 is 29.3 Å². The Hall–Kier alpha value is -3.95. The van der Waals surface area contributed by atoms with Gasteiger partial charge in [0, 0.05) is 38.5 Å². The van der Waals surface area contributed by atoms with Gasteiger partial charge in [0.1, 0.15) is 17.4 Å². The van der Waals surface area contributed by atoms with Gasteiger partial charge in [-0.25, -0.2) is 0 Å². The summed E-state index contributed by atoms with van der Waals surface area (Å²) in [5.74, 6) is -1.55. The largest absolute Gasteiger partial charge is 0.497 e. The highest BCUT2D eigenvalue weighted by molar-refractivity contribution is 6.06. The summed E-state index contributed by atoms with van der Waals surface area (Å²) in [6, 6.07) is 16.2. The maximum absolute atomic E-state index is 14.6. The van der Waals surface area contributed by atoms with Crippen LogP contribution in [0.2, 0.25) is 0 Å². The number of carbonyl (C=O) groups excluding carboxylic acids is 3. The van der Waals surface area contributed by atoms with Crippen molar-refractivity contribution in [2.45, 2.75) is 56.4 Å². The lowest BCUT2D eigenvalue weighted by atomic mass is 9.73. The van der Waals surface area contributed by atoms with E-state index in [4.69, 9.17) is 9.47 Å². The molecule has 4 aliphatic heterocycles. The van der Waals surface area contributed by atoms with Gasteiger partial charge in [-0.05, 0) is 55.5 Å². The molecule has 4 heterocycles. The third-order valence-electron chi connectivity index (χ3n) is 9.68. The second kappa shape index (κ2) is 12.2. The van der Waals surface area contributed by atoms with Crippen molar-refractivity contribution in [3.8, 4) is 5.75 Å². The van der Waals surface area contributed by atoms with E-state index in [0.717, 1.165) is 5.56 Å². The van der Waals surface area contributed by atoms with Gasteiger partial charge in [-0.2, -0.15) is 0 Å².